The zero-order valence-electron chi connectivity index (χ0n) is 13.8. The lowest BCUT2D eigenvalue weighted by Gasteiger charge is -2.23. The third-order valence-electron chi connectivity index (χ3n) is 3.81. The van der Waals surface area contributed by atoms with Gasteiger partial charge in [0.25, 0.3) is 5.56 Å². The van der Waals surface area contributed by atoms with Crippen LogP contribution in [0.5, 0.6) is 0 Å². The van der Waals surface area contributed by atoms with E-state index >= 15 is 0 Å². The molecule has 0 saturated carbocycles. The van der Waals surface area contributed by atoms with Gasteiger partial charge in [0.1, 0.15) is 6.54 Å². The predicted octanol–water partition coefficient (Wildman–Crippen LogP) is -0.132. The summed E-state index contributed by atoms with van der Waals surface area (Å²) < 4.78 is 4.13. The van der Waals surface area contributed by atoms with E-state index in [-0.39, 0.29) is 24.5 Å². The van der Waals surface area contributed by atoms with Crippen LogP contribution >= 0.6 is 0 Å². The maximum Gasteiger partial charge on any atom is 0.332 e. The molecule has 0 fully saturated rings. The SMILES string of the molecule is C=CCn1c(=O)c2c(nc3n2CC(C)=NN3CC(C)=O)n(C)c1=O. The highest BCUT2D eigenvalue weighted by molar-refractivity contribution is 5.89. The summed E-state index contributed by atoms with van der Waals surface area (Å²) in [6.45, 7) is 7.40. The molecule has 0 radical (unpaired) electrons. The van der Waals surface area contributed by atoms with E-state index in [1.165, 1.54) is 22.6 Å². The number of nitrogens with zero attached hydrogens (tertiary/aromatic N) is 6. The summed E-state index contributed by atoms with van der Waals surface area (Å²) >= 11 is 0. The molecule has 24 heavy (non-hydrogen) atoms. The standard InChI is InChI=1S/C15H18N6O3/c1-5-6-19-13(23)11-12(18(4)15(19)24)16-14-20(11)7-9(2)17-21(14)8-10(3)22/h5H,1,6-8H2,2-4H3. The summed E-state index contributed by atoms with van der Waals surface area (Å²) in [6.07, 6.45) is 1.50. The molecular formula is C15H18N6O3. The first-order valence-electron chi connectivity index (χ1n) is 7.47. The van der Waals surface area contributed by atoms with E-state index in [0.29, 0.717) is 18.0 Å². The van der Waals surface area contributed by atoms with Crippen molar-refractivity contribution in [2.45, 2.75) is 26.9 Å². The van der Waals surface area contributed by atoms with Crippen LogP contribution in [0.1, 0.15) is 13.8 Å². The van der Waals surface area contributed by atoms with Gasteiger partial charge in [0.15, 0.2) is 16.9 Å². The van der Waals surface area contributed by atoms with Crippen LogP contribution in [0.2, 0.25) is 0 Å². The van der Waals surface area contributed by atoms with E-state index in [0.717, 1.165) is 10.3 Å². The molecule has 0 saturated heterocycles. The second-order valence-electron chi connectivity index (χ2n) is 5.81. The van der Waals surface area contributed by atoms with Crippen molar-refractivity contribution in [3.05, 3.63) is 33.5 Å². The van der Waals surface area contributed by atoms with Gasteiger partial charge < -0.3 is 0 Å². The van der Waals surface area contributed by atoms with Gasteiger partial charge in [0.2, 0.25) is 5.95 Å². The molecule has 2 aromatic heterocycles. The van der Waals surface area contributed by atoms with Crippen molar-refractivity contribution in [1.82, 2.24) is 18.7 Å². The van der Waals surface area contributed by atoms with Crippen molar-refractivity contribution >= 4 is 28.6 Å². The number of Topliss-reactive ketones (excluding diaryl/α,β-unsaturated/α-hetero) is 1. The van der Waals surface area contributed by atoms with E-state index < -0.39 is 11.2 Å². The molecule has 9 nitrogen and oxygen atoms in total. The van der Waals surface area contributed by atoms with Gasteiger partial charge in [-0.25, -0.2) is 9.80 Å². The normalized spacial score (nSPS) is 13.8. The van der Waals surface area contributed by atoms with E-state index in [2.05, 4.69) is 16.7 Å². The van der Waals surface area contributed by atoms with Gasteiger partial charge in [-0.05, 0) is 13.8 Å². The largest absolute Gasteiger partial charge is 0.332 e. The van der Waals surface area contributed by atoms with Crippen molar-refractivity contribution in [3.8, 4) is 0 Å². The van der Waals surface area contributed by atoms with Gasteiger partial charge in [0.05, 0.1) is 12.3 Å². The van der Waals surface area contributed by atoms with Crippen LogP contribution in [0.3, 0.4) is 0 Å². The second-order valence-corrected chi connectivity index (χ2v) is 5.81. The molecule has 0 unspecified atom stereocenters. The van der Waals surface area contributed by atoms with E-state index in [1.807, 2.05) is 6.92 Å². The number of hydrogen-bond donors (Lipinski definition) is 0. The summed E-state index contributed by atoms with van der Waals surface area (Å²) in [5.41, 5.74) is 0.449. The van der Waals surface area contributed by atoms with Gasteiger partial charge >= 0.3 is 5.69 Å². The van der Waals surface area contributed by atoms with Crippen molar-refractivity contribution < 1.29 is 4.79 Å². The zero-order valence-corrected chi connectivity index (χ0v) is 13.8. The quantitative estimate of drug-likeness (QED) is 0.728. The van der Waals surface area contributed by atoms with Crippen LogP contribution in [0.15, 0.2) is 27.3 Å². The molecule has 0 aromatic carbocycles. The topological polar surface area (TPSA) is 94.5 Å². The Morgan fingerprint density at radius 2 is 2.08 bits per heavy atom. The number of fused-ring (bicyclic) bond motifs is 3. The van der Waals surface area contributed by atoms with Crippen LogP contribution in [0, 0.1) is 0 Å². The minimum absolute atomic E-state index is 0.0510. The Morgan fingerprint density at radius 1 is 1.38 bits per heavy atom. The third-order valence-corrected chi connectivity index (χ3v) is 3.81. The van der Waals surface area contributed by atoms with Gasteiger partial charge in [-0.15, -0.1) is 6.58 Å². The van der Waals surface area contributed by atoms with Crippen molar-refractivity contribution in [2.75, 3.05) is 11.6 Å². The Hall–Kier alpha value is -2.97. The first-order chi connectivity index (χ1) is 11.3. The number of carbonyl (C=O) groups excluding carboxylic acids is 1. The number of rotatable bonds is 4. The summed E-state index contributed by atoms with van der Waals surface area (Å²) in [7, 11) is 1.56. The Balaban J connectivity index is 2.36. The first kappa shape index (κ1) is 15.9. The minimum Gasteiger partial charge on any atom is -0.298 e. The fourth-order valence-electron chi connectivity index (χ4n) is 2.83. The van der Waals surface area contributed by atoms with Gasteiger partial charge in [0, 0.05) is 13.6 Å². The molecule has 0 N–H and O–H groups in total. The Labute approximate surface area is 137 Å². The smallest absolute Gasteiger partial charge is 0.298 e. The van der Waals surface area contributed by atoms with Crippen LogP contribution in [-0.2, 0) is 24.9 Å². The molecule has 0 aliphatic carbocycles. The maximum absolute atomic E-state index is 12.8. The molecule has 2 aromatic rings. The molecule has 3 rings (SSSR count). The lowest BCUT2D eigenvalue weighted by molar-refractivity contribution is -0.115. The van der Waals surface area contributed by atoms with Gasteiger partial charge in [-0.2, -0.15) is 10.1 Å². The second kappa shape index (κ2) is 5.59. The Bertz CT molecular complexity index is 1010. The average Bonchev–Trinajstić information content (AvgIpc) is 2.88. The summed E-state index contributed by atoms with van der Waals surface area (Å²) in [5, 5.41) is 5.79. The number of aromatic nitrogens is 4. The third kappa shape index (κ3) is 2.29. The van der Waals surface area contributed by atoms with Crippen LogP contribution in [0.4, 0.5) is 5.95 Å². The summed E-state index contributed by atoms with van der Waals surface area (Å²) in [5.74, 6) is 0.305. The van der Waals surface area contributed by atoms with Crippen LogP contribution in [-0.4, -0.2) is 36.7 Å². The molecule has 126 valence electrons. The molecule has 9 heteroatoms. The van der Waals surface area contributed by atoms with Crippen molar-refractivity contribution in [2.24, 2.45) is 12.1 Å². The fraction of sp³-hybridized carbons (Fsp3) is 0.400. The fourth-order valence-corrected chi connectivity index (χ4v) is 2.83. The molecule has 0 atom stereocenters. The van der Waals surface area contributed by atoms with E-state index in [9.17, 15) is 14.4 Å². The van der Waals surface area contributed by atoms with Gasteiger partial charge in [-0.1, -0.05) is 6.08 Å². The number of hydrazone groups is 1. The maximum atomic E-state index is 12.8. The number of allylic oxidation sites excluding steroid dienone is 1. The lowest BCUT2D eigenvalue weighted by atomic mass is 10.3. The minimum atomic E-state index is -0.460. The van der Waals surface area contributed by atoms with Crippen LogP contribution in [0.25, 0.3) is 11.2 Å². The number of anilines is 1. The zero-order chi connectivity index (χ0) is 17.6. The Morgan fingerprint density at radius 3 is 2.71 bits per heavy atom. The average molecular weight is 330 g/mol. The summed E-state index contributed by atoms with van der Waals surface area (Å²) in [4.78, 5) is 41.0. The molecule has 0 amide bonds. The van der Waals surface area contributed by atoms with E-state index in [4.69, 9.17) is 0 Å². The van der Waals surface area contributed by atoms with Crippen molar-refractivity contribution in [1.29, 1.82) is 0 Å². The molecular weight excluding hydrogens is 312 g/mol. The molecule has 1 aliphatic heterocycles. The monoisotopic (exact) mass is 330 g/mol. The Kier molecular flexibility index (Phi) is 3.70. The predicted molar refractivity (Wildman–Crippen MR) is 90.6 cm³/mol. The highest BCUT2D eigenvalue weighted by Gasteiger charge is 2.26. The number of imidazole rings is 1. The van der Waals surface area contributed by atoms with Crippen LogP contribution < -0.4 is 16.3 Å². The molecule has 0 spiro atoms. The number of hydrogen-bond acceptors (Lipinski definition) is 6. The lowest BCUT2D eigenvalue weighted by Crippen LogP contribution is -2.39. The van der Waals surface area contributed by atoms with Gasteiger partial charge in [-0.3, -0.25) is 23.3 Å². The molecule has 0 bridgehead atoms. The first-order valence-corrected chi connectivity index (χ1v) is 7.47. The van der Waals surface area contributed by atoms with E-state index in [1.54, 1.807) is 11.6 Å². The highest BCUT2D eigenvalue weighted by atomic mass is 16.2. The van der Waals surface area contributed by atoms with Crippen molar-refractivity contribution in [3.63, 3.8) is 0 Å². The molecule has 3 heterocycles. The number of ketones is 1. The number of aryl methyl sites for hydroxylation is 1. The molecule has 1 aliphatic rings. The highest BCUT2D eigenvalue weighted by Crippen LogP contribution is 2.23. The summed E-state index contributed by atoms with van der Waals surface area (Å²) in [6, 6.07) is 0. The number of carbonyl (C=O) groups is 1.